The number of pyridine rings is 1. The lowest BCUT2D eigenvalue weighted by Gasteiger charge is -2.23. The standard InChI is InChI=1S/C22H24N2O3/c1-26-14-12-24(13-15-27-2)22(25)19-16-21(17-8-4-3-5-9-17)23-20-11-7-6-10-18(19)20/h3-11,16H,12-15H2,1-2H3. The largest absolute Gasteiger partial charge is 0.383 e. The maximum Gasteiger partial charge on any atom is 0.254 e. The van der Waals surface area contributed by atoms with Crippen molar-refractivity contribution < 1.29 is 14.3 Å². The lowest BCUT2D eigenvalue weighted by Crippen LogP contribution is -2.36. The van der Waals surface area contributed by atoms with Crippen LogP contribution in [0.5, 0.6) is 0 Å². The molecule has 27 heavy (non-hydrogen) atoms. The number of benzene rings is 2. The lowest BCUT2D eigenvalue weighted by molar-refractivity contribution is 0.0629. The monoisotopic (exact) mass is 364 g/mol. The fraction of sp³-hybridized carbons (Fsp3) is 0.273. The van der Waals surface area contributed by atoms with E-state index in [-0.39, 0.29) is 5.91 Å². The first-order valence-electron chi connectivity index (χ1n) is 8.97. The molecular formula is C22H24N2O3. The summed E-state index contributed by atoms with van der Waals surface area (Å²) < 4.78 is 10.3. The minimum absolute atomic E-state index is 0.0418. The number of fused-ring (bicyclic) bond motifs is 1. The van der Waals surface area contributed by atoms with Crippen LogP contribution in [-0.4, -0.2) is 56.3 Å². The third kappa shape index (κ3) is 4.51. The summed E-state index contributed by atoms with van der Waals surface area (Å²) in [7, 11) is 3.27. The maximum absolute atomic E-state index is 13.3. The highest BCUT2D eigenvalue weighted by Gasteiger charge is 2.19. The van der Waals surface area contributed by atoms with Crippen molar-refractivity contribution in [1.29, 1.82) is 0 Å². The predicted molar refractivity (Wildman–Crippen MR) is 107 cm³/mol. The van der Waals surface area contributed by atoms with Gasteiger partial charge in [-0.2, -0.15) is 0 Å². The summed E-state index contributed by atoms with van der Waals surface area (Å²) in [5, 5.41) is 0.849. The zero-order chi connectivity index (χ0) is 19.1. The van der Waals surface area contributed by atoms with E-state index < -0.39 is 0 Å². The van der Waals surface area contributed by atoms with Gasteiger partial charge in [-0.25, -0.2) is 4.98 Å². The second-order valence-corrected chi connectivity index (χ2v) is 6.22. The molecule has 3 aromatic rings. The van der Waals surface area contributed by atoms with Crippen LogP contribution in [0.1, 0.15) is 10.4 Å². The Labute approximate surface area is 159 Å². The van der Waals surface area contributed by atoms with Gasteiger partial charge in [-0.3, -0.25) is 4.79 Å². The third-order valence-corrected chi connectivity index (χ3v) is 4.43. The fourth-order valence-electron chi connectivity index (χ4n) is 3.00. The van der Waals surface area contributed by atoms with Crippen molar-refractivity contribution >= 4 is 16.8 Å². The number of aromatic nitrogens is 1. The molecule has 0 bridgehead atoms. The zero-order valence-electron chi connectivity index (χ0n) is 15.7. The van der Waals surface area contributed by atoms with Crippen molar-refractivity contribution in [2.45, 2.75) is 0 Å². The number of ether oxygens (including phenoxy) is 2. The number of rotatable bonds is 8. The Bertz CT molecular complexity index is 888. The van der Waals surface area contributed by atoms with Gasteiger partial charge in [0.2, 0.25) is 0 Å². The SMILES string of the molecule is COCCN(CCOC)C(=O)c1cc(-c2ccccc2)nc2ccccc12. The van der Waals surface area contributed by atoms with E-state index in [4.69, 9.17) is 14.5 Å². The summed E-state index contributed by atoms with van der Waals surface area (Å²) >= 11 is 0. The Morgan fingerprint density at radius 3 is 2.22 bits per heavy atom. The first kappa shape index (κ1) is 19.0. The molecule has 0 aliphatic heterocycles. The summed E-state index contributed by atoms with van der Waals surface area (Å²) in [5.41, 5.74) is 3.22. The predicted octanol–water partition coefficient (Wildman–Crippen LogP) is 3.64. The molecule has 2 aromatic carbocycles. The van der Waals surface area contributed by atoms with Gasteiger partial charge in [0.25, 0.3) is 5.91 Å². The van der Waals surface area contributed by atoms with Crippen LogP contribution >= 0.6 is 0 Å². The summed E-state index contributed by atoms with van der Waals surface area (Å²) in [6.07, 6.45) is 0. The molecule has 0 aliphatic rings. The van der Waals surface area contributed by atoms with E-state index in [1.807, 2.05) is 60.7 Å². The number of hydrogen-bond donors (Lipinski definition) is 0. The molecule has 0 saturated carbocycles. The summed E-state index contributed by atoms with van der Waals surface area (Å²) in [6, 6.07) is 19.5. The van der Waals surface area contributed by atoms with Crippen molar-refractivity contribution in [1.82, 2.24) is 9.88 Å². The van der Waals surface area contributed by atoms with Gasteiger partial charge >= 0.3 is 0 Å². The number of nitrogens with zero attached hydrogens (tertiary/aromatic N) is 2. The van der Waals surface area contributed by atoms with E-state index in [1.165, 1.54) is 0 Å². The van der Waals surface area contributed by atoms with Crippen molar-refractivity contribution in [2.24, 2.45) is 0 Å². The molecule has 0 saturated heterocycles. The van der Waals surface area contributed by atoms with E-state index in [0.717, 1.165) is 22.2 Å². The van der Waals surface area contributed by atoms with Gasteiger partial charge in [0.1, 0.15) is 0 Å². The average molecular weight is 364 g/mol. The van der Waals surface area contributed by atoms with Crippen LogP contribution in [0, 0.1) is 0 Å². The summed E-state index contributed by atoms with van der Waals surface area (Å²) in [4.78, 5) is 19.9. The molecular weight excluding hydrogens is 340 g/mol. The Balaban J connectivity index is 2.06. The Hall–Kier alpha value is -2.76. The Kier molecular flexibility index (Phi) is 6.52. The molecule has 1 aromatic heterocycles. The number of carbonyl (C=O) groups is 1. The molecule has 0 N–H and O–H groups in total. The molecule has 3 rings (SSSR count). The first-order valence-corrected chi connectivity index (χ1v) is 8.97. The number of carbonyl (C=O) groups excluding carboxylic acids is 1. The highest BCUT2D eigenvalue weighted by atomic mass is 16.5. The minimum atomic E-state index is -0.0418. The van der Waals surface area contributed by atoms with Gasteiger partial charge in [-0.1, -0.05) is 48.5 Å². The van der Waals surface area contributed by atoms with Crippen LogP contribution < -0.4 is 0 Å². The van der Waals surface area contributed by atoms with Gasteiger partial charge in [0.05, 0.1) is 30.0 Å². The second-order valence-electron chi connectivity index (χ2n) is 6.22. The zero-order valence-corrected chi connectivity index (χ0v) is 15.7. The van der Waals surface area contributed by atoms with Crippen molar-refractivity contribution in [3.05, 3.63) is 66.2 Å². The Morgan fingerprint density at radius 2 is 1.56 bits per heavy atom. The van der Waals surface area contributed by atoms with Crippen LogP contribution in [-0.2, 0) is 9.47 Å². The molecule has 0 aliphatic carbocycles. The lowest BCUT2D eigenvalue weighted by atomic mass is 10.0. The quantitative estimate of drug-likeness (QED) is 0.612. The van der Waals surface area contributed by atoms with E-state index in [1.54, 1.807) is 19.1 Å². The van der Waals surface area contributed by atoms with Gasteiger partial charge < -0.3 is 14.4 Å². The van der Waals surface area contributed by atoms with E-state index in [2.05, 4.69) is 0 Å². The molecule has 1 amide bonds. The number of amides is 1. The third-order valence-electron chi connectivity index (χ3n) is 4.43. The molecule has 0 radical (unpaired) electrons. The van der Waals surface area contributed by atoms with Gasteiger partial charge in [-0.15, -0.1) is 0 Å². The van der Waals surface area contributed by atoms with Crippen molar-refractivity contribution in [3.63, 3.8) is 0 Å². The number of methoxy groups -OCH3 is 2. The van der Waals surface area contributed by atoms with Crippen LogP contribution in [0.25, 0.3) is 22.2 Å². The first-order chi connectivity index (χ1) is 13.2. The molecule has 0 fully saturated rings. The van der Waals surface area contributed by atoms with Crippen LogP contribution in [0.4, 0.5) is 0 Å². The van der Waals surface area contributed by atoms with Crippen LogP contribution in [0.15, 0.2) is 60.7 Å². The molecule has 0 unspecified atom stereocenters. The molecule has 0 spiro atoms. The second kappa shape index (κ2) is 9.26. The smallest absolute Gasteiger partial charge is 0.254 e. The molecule has 1 heterocycles. The summed E-state index contributed by atoms with van der Waals surface area (Å²) in [5.74, 6) is -0.0418. The van der Waals surface area contributed by atoms with Crippen LogP contribution in [0.3, 0.4) is 0 Å². The number of para-hydroxylation sites is 1. The van der Waals surface area contributed by atoms with Crippen LogP contribution in [0.2, 0.25) is 0 Å². The molecule has 5 nitrogen and oxygen atoms in total. The normalized spacial score (nSPS) is 10.9. The fourth-order valence-corrected chi connectivity index (χ4v) is 3.00. The van der Waals surface area contributed by atoms with E-state index in [9.17, 15) is 4.79 Å². The highest BCUT2D eigenvalue weighted by Crippen LogP contribution is 2.25. The minimum Gasteiger partial charge on any atom is -0.383 e. The average Bonchev–Trinajstić information content (AvgIpc) is 2.73. The maximum atomic E-state index is 13.3. The van der Waals surface area contributed by atoms with Crippen molar-refractivity contribution in [3.8, 4) is 11.3 Å². The Morgan fingerprint density at radius 1 is 0.926 bits per heavy atom. The number of hydrogen-bond acceptors (Lipinski definition) is 4. The molecule has 140 valence electrons. The van der Waals surface area contributed by atoms with Gasteiger partial charge in [0, 0.05) is 38.3 Å². The summed E-state index contributed by atoms with van der Waals surface area (Å²) in [6.45, 7) is 1.97. The van der Waals surface area contributed by atoms with E-state index in [0.29, 0.717) is 31.9 Å². The van der Waals surface area contributed by atoms with Gasteiger partial charge in [0.15, 0.2) is 0 Å². The van der Waals surface area contributed by atoms with Gasteiger partial charge in [-0.05, 0) is 12.1 Å². The highest BCUT2D eigenvalue weighted by molar-refractivity contribution is 6.07. The molecule has 0 atom stereocenters. The molecule has 5 heteroatoms. The van der Waals surface area contributed by atoms with Crippen molar-refractivity contribution in [2.75, 3.05) is 40.5 Å². The topological polar surface area (TPSA) is 51.7 Å². The van der Waals surface area contributed by atoms with E-state index >= 15 is 0 Å².